The summed E-state index contributed by atoms with van der Waals surface area (Å²) in [7, 11) is 0. The monoisotopic (exact) mass is 339 g/mol. The average Bonchev–Trinajstić information content (AvgIpc) is 2.97. The molecular formula is C19H17NO3S. The first-order chi connectivity index (χ1) is 11.5. The molecule has 2 aromatic carbocycles. The Kier molecular flexibility index (Phi) is 4.62. The molecule has 1 N–H and O–H groups in total. The Labute approximate surface area is 144 Å². The Morgan fingerprint density at radius 3 is 2.58 bits per heavy atom. The first-order valence-corrected chi connectivity index (χ1v) is 8.34. The van der Waals surface area contributed by atoms with Gasteiger partial charge < -0.3 is 9.84 Å². The van der Waals surface area contributed by atoms with Crippen molar-refractivity contribution in [3.63, 3.8) is 0 Å². The Morgan fingerprint density at radius 2 is 1.92 bits per heavy atom. The molecule has 0 bridgehead atoms. The van der Waals surface area contributed by atoms with Crippen molar-refractivity contribution in [2.75, 3.05) is 0 Å². The lowest BCUT2D eigenvalue weighted by atomic mass is 10.1. The number of carboxylic acids is 1. The number of aryl methyl sites for hydroxylation is 2. The first-order valence-electron chi connectivity index (χ1n) is 7.52. The number of ether oxygens (including phenoxy) is 1. The molecule has 24 heavy (non-hydrogen) atoms. The number of rotatable bonds is 5. The number of thiazole rings is 1. The molecule has 0 fully saturated rings. The third-order valence-corrected chi connectivity index (χ3v) is 4.79. The fourth-order valence-corrected chi connectivity index (χ4v) is 3.22. The van der Waals surface area contributed by atoms with E-state index < -0.39 is 5.97 Å². The molecule has 0 aliphatic heterocycles. The van der Waals surface area contributed by atoms with Crippen molar-refractivity contribution < 1.29 is 14.6 Å². The van der Waals surface area contributed by atoms with Gasteiger partial charge in [0.15, 0.2) is 0 Å². The van der Waals surface area contributed by atoms with Crippen LogP contribution in [0.25, 0.3) is 10.6 Å². The molecule has 3 rings (SSSR count). The van der Waals surface area contributed by atoms with Crippen LogP contribution in [0.1, 0.15) is 26.5 Å². The fraction of sp³-hybridized carbons (Fsp3) is 0.158. The molecule has 0 spiro atoms. The number of nitrogens with zero attached hydrogens (tertiary/aromatic N) is 1. The highest BCUT2D eigenvalue weighted by Gasteiger charge is 2.15. The van der Waals surface area contributed by atoms with Gasteiger partial charge in [0.2, 0.25) is 0 Å². The second-order valence-electron chi connectivity index (χ2n) is 5.54. The standard InChI is InChI=1S/C19H17NO3S/c1-12-6-8-16(9-7-12)23-11-14-4-3-5-15(10-14)18-20-13(2)17(24-18)19(21)22/h3-10H,11H2,1-2H3,(H,21,22). The summed E-state index contributed by atoms with van der Waals surface area (Å²) in [4.78, 5) is 15.8. The van der Waals surface area contributed by atoms with Crippen LogP contribution in [0.5, 0.6) is 5.75 Å². The smallest absolute Gasteiger partial charge is 0.347 e. The summed E-state index contributed by atoms with van der Waals surface area (Å²) in [6, 6.07) is 15.7. The van der Waals surface area contributed by atoms with Gasteiger partial charge in [-0.2, -0.15) is 0 Å². The van der Waals surface area contributed by atoms with Crippen LogP contribution in [-0.2, 0) is 6.61 Å². The maximum Gasteiger partial charge on any atom is 0.347 e. The molecule has 0 amide bonds. The molecule has 122 valence electrons. The molecule has 0 saturated carbocycles. The van der Waals surface area contributed by atoms with Crippen molar-refractivity contribution in [1.29, 1.82) is 0 Å². The molecule has 4 nitrogen and oxygen atoms in total. The summed E-state index contributed by atoms with van der Waals surface area (Å²) in [6.45, 7) is 4.20. The van der Waals surface area contributed by atoms with Crippen LogP contribution < -0.4 is 4.74 Å². The van der Waals surface area contributed by atoms with E-state index in [9.17, 15) is 4.79 Å². The van der Waals surface area contributed by atoms with Gasteiger partial charge in [-0.3, -0.25) is 0 Å². The second-order valence-corrected chi connectivity index (χ2v) is 6.54. The molecular weight excluding hydrogens is 322 g/mol. The Morgan fingerprint density at radius 1 is 1.17 bits per heavy atom. The van der Waals surface area contributed by atoms with Crippen molar-refractivity contribution in [2.45, 2.75) is 20.5 Å². The number of aromatic nitrogens is 1. The minimum atomic E-state index is -0.935. The molecule has 0 aliphatic carbocycles. The first kappa shape index (κ1) is 16.2. The predicted octanol–water partition coefficient (Wildman–Crippen LogP) is 4.70. The minimum Gasteiger partial charge on any atom is -0.489 e. The topological polar surface area (TPSA) is 59.4 Å². The van der Waals surface area contributed by atoms with Gasteiger partial charge in [0.1, 0.15) is 22.2 Å². The van der Waals surface area contributed by atoms with E-state index in [4.69, 9.17) is 9.84 Å². The summed E-state index contributed by atoms with van der Waals surface area (Å²) >= 11 is 1.19. The van der Waals surface area contributed by atoms with Crippen molar-refractivity contribution in [1.82, 2.24) is 4.98 Å². The molecule has 3 aromatic rings. The van der Waals surface area contributed by atoms with Crippen LogP contribution in [0.4, 0.5) is 0 Å². The van der Waals surface area contributed by atoms with Crippen LogP contribution in [-0.4, -0.2) is 16.1 Å². The molecule has 5 heteroatoms. The minimum absolute atomic E-state index is 0.284. The highest BCUT2D eigenvalue weighted by atomic mass is 32.1. The van der Waals surface area contributed by atoms with E-state index >= 15 is 0 Å². The highest BCUT2D eigenvalue weighted by molar-refractivity contribution is 7.17. The van der Waals surface area contributed by atoms with Gasteiger partial charge >= 0.3 is 5.97 Å². The molecule has 1 heterocycles. The number of aromatic carboxylic acids is 1. The number of benzene rings is 2. The highest BCUT2D eigenvalue weighted by Crippen LogP contribution is 2.28. The van der Waals surface area contributed by atoms with Crippen molar-refractivity contribution >= 4 is 17.3 Å². The second kappa shape index (κ2) is 6.84. The van der Waals surface area contributed by atoms with Gasteiger partial charge in [0.05, 0.1) is 5.69 Å². The third-order valence-electron chi connectivity index (χ3n) is 3.59. The number of hydrogen-bond acceptors (Lipinski definition) is 4. The zero-order chi connectivity index (χ0) is 17.1. The van der Waals surface area contributed by atoms with Crippen molar-refractivity contribution in [2.24, 2.45) is 0 Å². The largest absolute Gasteiger partial charge is 0.489 e. The SMILES string of the molecule is Cc1ccc(OCc2cccc(-c3nc(C)c(C(=O)O)s3)c2)cc1. The predicted molar refractivity (Wildman–Crippen MR) is 94.8 cm³/mol. The van der Waals surface area contributed by atoms with Gasteiger partial charge in [-0.05, 0) is 37.6 Å². The summed E-state index contributed by atoms with van der Waals surface area (Å²) in [5.74, 6) is -0.112. The van der Waals surface area contributed by atoms with Crippen LogP contribution >= 0.6 is 11.3 Å². The van der Waals surface area contributed by atoms with Crippen molar-refractivity contribution in [3.05, 3.63) is 70.2 Å². The number of carboxylic acid groups (broad SMARTS) is 1. The summed E-state index contributed by atoms with van der Waals surface area (Å²) in [5, 5.41) is 9.87. The van der Waals surface area contributed by atoms with Gasteiger partial charge in [-0.1, -0.05) is 35.9 Å². The summed E-state index contributed by atoms with van der Waals surface area (Å²) < 4.78 is 5.79. The maximum absolute atomic E-state index is 11.2. The van der Waals surface area contributed by atoms with E-state index in [0.717, 1.165) is 16.9 Å². The number of carbonyl (C=O) groups is 1. The molecule has 0 unspecified atom stereocenters. The van der Waals surface area contributed by atoms with Gasteiger partial charge in [-0.25, -0.2) is 9.78 Å². The maximum atomic E-state index is 11.2. The molecule has 0 atom stereocenters. The zero-order valence-electron chi connectivity index (χ0n) is 13.4. The summed E-state index contributed by atoms with van der Waals surface area (Å²) in [5.41, 5.74) is 3.65. The lowest BCUT2D eigenvalue weighted by Gasteiger charge is -2.07. The van der Waals surface area contributed by atoms with E-state index in [-0.39, 0.29) is 4.88 Å². The average molecular weight is 339 g/mol. The quantitative estimate of drug-likeness (QED) is 0.732. The van der Waals surface area contributed by atoms with Crippen LogP contribution in [0.3, 0.4) is 0 Å². The van der Waals surface area contributed by atoms with Crippen molar-refractivity contribution in [3.8, 4) is 16.3 Å². The lowest BCUT2D eigenvalue weighted by molar-refractivity contribution is 0.0701. The van der Waals surface area contributed by atoms with Gasteiger partial charge in [-0.15, -0.1) is 11.3 Å². The van der Waals surface area contributed by atoms with Crippen LogP contribution in [0.15, 0.2) is 48.5 Å². The third kappa shape index (κ3) is 3.63. The summed E-state index contributed by atoms with van der Waals surface area (Å²) in [6.07, 6.45) is 0. The Hall–Kier alpha value is -2.66. The van der Waals surface area contributed by atoms with E-state index in [1.54, 1.807) is 6.92 Å². The Bertz CT molecular complexity index is 869. The molecule has 0 aliphatic rings. The molecule has 0 saturated heterocycles. The van der Waals surface area contributed by atoms with Crippen LogP contribution in [0, 0.1) is 13.8 Å². The zero-order valence-corrected chi connectivity index (χ0v) is 14.3. The van der Waals surface area contributed by atoms with E-state index in [1.165, 1.54) is 16.9 Å². The normalized spacial score (nSPS) is 10.6. The van der Waals surface area contributed by atoms with E-state index in [1.807, 2.05) is 55.5 Å². The molecule has 1 aromatic heterocycles. The van der Waals surface area contributed by atoms with E-state index in [0.29, 0.717) is 17.3 Å². The van der Waals surface area contributed by atoms with E-state index in [2.05, 4.69) is 4.98 Å². The van der Waals surface area contributed by atoms with Gasteiger partial charge in [0, 0.05) is 5.56 Å². The Balaban J connectivity index is 1.77. The lowest BCUT2D eigenvalue weighted by Crippen LogP contribution is -1.95. The number of hydrogen-bond donors (Lipinski definition) is 1. The van der Waals surface area contributed by atoms with Crippen LogP contribution in [0.2, 0.25) is 0 Å². The van der Waals surface area contributed by atoms with Gasteiger partial charge in [0.25, 0.3) is 0 Å². The molecule has 0 radical (unpaired) electrons. The fourth-order valence-electron chi connectivity index (χ4n) is 2.31.